The SMILES string of the molecule is CC(=O)N1CCC(C(=O)OCC(=O)c2ccc3c(c2)NC(=O)CO3)(c2ccccc2)CC1. The summed E-state index contributed by atoms with van der Waals surface area (Å²) in [6.45, 7) is 1.91. The number of rotatable bonds is 5. The Balaban J connectivity index is 1.48. The third-order valence-corrected chi connectivity index (χ3v) is 6.05. The van der Waals surface area contributed by atoms with Gasteiger partial charge in [0.05, 0.1) is 11.1 Å². The second-order valence-corrected chi connectivity index (χ2v) is 8.00. The Morgan fingerprint density at radius 2 is 1.81 bits per heavy atom. The summed E-state index contributed by atoms with van der Waals surface area (Å²) in [6.07, 6.45) is 0.845. The van der Waals surface area contributed by atoms with Crippen LogP contribution < -0.4 is 10.1 Å². The molecular formula is C24H24N2O6. The van der Waals surface area contributed by atoms with Crippen molar-refractivity contribution in [3.8, 4) is 5.75 Å². The predicted octanol–water partition coefficient (Wildman–Crippen LogP) is 2.32. The van der Waals surface area contributed by atoms with E-state index in [1.54, 1.807) is 17.0 Å². The second kappa shape index (κ2) is 8.82. The second-order valence-electron chi connectivity index (χ2n) is 8.00. The Morgan fingerprint density at radius 1 is 1.09 bits per heavy atom. The maximum atomic E-state index is 13.3. The van der Waals surface area contributed by atoms with Crippen LogP contribution in [-0.2, 0) is 24.5 Å². The number of amides is 2. The van der Waals surface area contributed by atoms with Crippen molar-refractivity contribution in [2.24, 2.45) is 0 Å². The highest BCUT2D eigenvalue weighted by molar-refractivity contribution is 6.02. The van der Waals surface area contributed by atoms with Gasteiger partial charge in [0, 0.05) is 25.6 Å². The van der Waals surface area contributed by atoms with Crippen LogP contribution in [0.15, 0.2) is 48.5 Å². The first kappa shape index (κ1) is 21.5. The summed E-state index contributed by atoms with van der Waals surface area (Å²) < 4.78 is 10.8. The number of hydrogen-bond acceptors (Lipinski definition) is 6. The fourth-order valence-corrected chi connectivity index (χ4v) is 4.18. The Labute approximate surface area is 185 Å². The van der Waals surface area contributed by atoms with Gasteiger partial charge in [0.25, 0.3) is 5.91 Å². The summed E-state index contributed by atoms with van der Waals surface area (Å²) in [4.78, 5) is 50.9. The van der Waals surface area contributed by atoms with Crippen LogP contribution in [0, 0.1) is 0 Å². The lowest BCUT2D eigenvalue weighted by atomic mass is 9.72. The maximum Gasteiger partial charge on any atom is 0.317 e. The fraction of sp³-hybridized carbons (Fsp3) is 0.333. The predicted molar refractivity (Wildman–Crippen MR) is 115 cm³/mol. The van der Waals surface area contributed by atoms with Gasteiger partial charge in [0.15, 0.2) is 19.0 Å². The van der Waals surface area contributed by atoms with Gasteiger partial charge >= 0.3 is 5.97 Å². The van der Waals surface area contributed by atoms with E-state index < -0.39 is 18.0 Å². The first-order valence-corrected chi connectivity index (χ1v) is 10.5. The lowest BCUT2D eigenvalue weighted by molar-refractivity contribution is -0.153. The molecule has 2 aliphatic rings. The molecular weight excluding hydrogens is 412 g/mol. The summed E-state index contributed by atoms with van der Waals surface area (Å²) in [5.74, 6) is -0.701. The Hall–Kier alpha value is -3.68. The molecule has 2 aromatic carbocycles. The van der Waals surface area contributed by atoms with E-state index in [1.165, 1.54) is 13.0 Å². The monoisotopic (exact) mass is 436 g/mol. The molecule has 0 aromatic heterocycles. The summed E-state index contributed by atoms with van der Waals surface area (Å²) in [7, 11) is 0. The van der Waals surface area contributed by atoms with Gasteiger partial charge in [-0.1, -0.05) is 30.3 Å². The van der Waals surface area contributed by atoms with E-state index in [0.29, 0.717) is 42.9 Å². The van der Waals surface area contributed by atoms with Gasteiger partial charge in [0.2, 0.25) is 5.91 Å². The van der Waals surface area contributed by atoms with Gasteiger partial charge in [-0.15, -0.1) is 0 Å². The summed E-state index contributed by atoms with van der Waals surface area (Å²) in [5, 5.41) is 2.66. The number of Topliss-reactive ketones (excluding diaryl/α,β-unsaturated/α-hetero) is 1. The van der Waals surface area contributed by atoms with E-state index >= 15 is 0 Å². The number of nitrogens with one attached hydrogen (secondary N) is 1. The number of fused-ring (bicyclic) bond motifs is 1. The summed E-state index contributed by atoms with van der Waals surface area (Å²) in [5.41, 5.74) is 0.623. The number of ether oxygens (including phenoxy) is 2. The molecule has 166 valence electrons. The molecule has 0 atom stereocenters. The molecule has 2 heterocycles. The fourth-order valence-electron chi connectivity index (χ4n) is 4.18. The molecule has 4 rings (SSSR count). The quantitative estimate of drug-likeness (QED) is 0.570. The first-order valence-electron chi connectivity index (χ1n) is 10.5. The number of ketones is 1. The van der Waals surface area contributed by atoms with Crippen LogP contribution in [-0.4, -0.2) is 54.8 Å². The van der Waals surface area contributed by atoms with Crippen LogP contribution in [0.3, 0.4) is 0 Å². The number of likely N-dealkylation sites (tertiary alicyclic amines) is 1. The van der Waals surface area contributed by atoms with Gasteiger partial charge in [-0.05, 0) is 36.6 Å². The van der Waals surface area contributed by atoms with Crippen molar-refractivity contribution in [3.63, 3.8) is 0 Å². The van der Waals surface area contributed by atoms with E-state index in [1.807, 2.05) is 30.3 Å². The van der Waals surface area contributed by atoms with Crippen LogP contribution in [0.1, 0.15) is 35.7 Å². The number of carbonyl (C=O) groups excluding carboxylic acids is 4. The first-order chi connectivity index (χ1) is 15.4. The molecule has 0 bridgehead atoms. The number of esters is 1. The molecule has 2 amide bonds. The van der Waals surface area contributed by atoms with Gasteiger partial charge in [0.1, 0.15) is 5.75 Å². The van der Waals surface area contributed by atoms with Crippen LogP contribution in [0.25, 0.3) is 0 Å². The minimum Gasteiger partial charge on any atom is -0.482 e. The minimum absolute atomic E-state index is 0.0290. The molecule has 32 heavy (non-hydrogen) atoms. The van der Waals surface area contributed by atoms with Crippen LogP contribution in [0.4, 0.5) is 5.69 Å². The zero-order chi connectivity index (χ0) is 22.7. The molecule has 2 aromatic rings. The molecule has 0 aliphatic carbocycles. The summed E-state index contributed by atoms with van der Waals surface area (Å²) >= 11 is 0. The van der Waals surface area contributed by atoms with E-state index in [0.717, 1.165) is 5.56 Å². The van der Waals surface area contributed by atoms with Crippen LogP contribution in [0.2, 0.25) is 0 Å². The van der Waals surface area contributed by atoms with Crippen molar-refractivity contribution in [3.05, 3.63) is 59.7 Å². The lowest BCUT2D eigenvalue weighted by Crippen LogP contribution is -2.49. The van der Waals surface area contributed by atoms with Crippen molar-refractivity contribution in [2.45, 2.75) is 25.2 Å². The molecule has 1 N–H and O–H groups in total. The van der Waals surface area contributed by atoms with Gasteiger partial charge in [-0.3, -0.25) is 19.2 Å². The van der Waals surface area contributed by atoms with Crippen molar-refractivity contribution in [2.75, 3.05) is 31.6 Å². The number of piperidine rings is 1. The highest BCUT2D eigenvalue weighted by Crippen LogP contribution is 2.37. The van der Waals surface area contributed by atoms with Crippen molar-refractivity contribution in [1.29, 1.82) is 0 Å². The van der Waals surface area contributed by atoms with E-state index in [2.05, 4.69) is 5.32 Å². The van der Waals surface area contributed by atoms with Gasteiger partial charge in [-0.25, -0.2) is 0 Å². The Bertz CT molecular complexity index is 1060. The number of carbonyl (C=O) groups is 4. The number of hydrogen-bond donors (Lipinski definition) is 1. The smallest absolute Gasteiger partial charge is 0.317 e. The average molecular weight is 436 g/mol. The number of nitrogens with zero attached hydrogens (tertiary/aromatic N) is 1. The third-order valence-electron chi connectivity index (χ3n) is 6.05. The largest absolute Gasteiger partial charge is 0.482 e. The zero-order valence-electron chi connectivity index (χ0n) is 17.8. The molecule has 0 unspecified atom stereocenters. The molecule has 0 radical (unpaired) electrons. The Kier molecular flexibility index (Phi) is 5.94. The van der Waals surface area contributed by atoms with Gasteiger partial charge < -0.3 is 19.7 Å². The Morgan fingerprint density at radius 3 is 2.50 bits per heavy atom. The maximum absolute atomic E-state index is 13.3. The highest BCUT2D eigenvalue weighted by Gasteiger charge is 2.45. The van der Waals surface area contributed by atoms with Crippen molar-refractivity contribution < 1.29 is 28.7 Å². The molecule has 1 saturated heterocycles. The normalized spacial score (nSPS) is 16.9. The van der Waals surface area contributed by atoms with E-state index in [-0.39, 0.29) is 24.2 Å². The van der Waals surface area contributed by atoms with Gasteiger partial charge in [-0.2, -0.15) is 0 Å². The topological polar surface area (TPSA) is 102 Å². The summed E-state index contributed by atoms with van der Waals surface area (Å²) in [6, 6.07) is 14.0. The molecule has 0 saturated carbocycles. The lowest BCUT2D eigenvalue weighted by Gasteiger charge is -2.40. The average Bonchev–Trinajstić information content (AvgIpc) is 2.82. The molecule has 1 fully saturated rings. The zero-order valence-corrected chi connectivity index (χ0v) is 17.8. The van der Waals surface area contributed by atoms with Crippen LogP contribution >= 0.6 is 0 Å². The highest BCUT2D eigenvalue weighted by atomic mass is 16.5. The molecule has 8 heteroatoms. The molecule has 2 aliphatic heterocycles. The van der Waals surface area contributed by atoms with Crippen LogP contribution in [0.5, 0.6) is 5.75 Å². The third kappa shape index (κ3) is 4.21. The molecule has 0 spiro atoms. The standard InChI is InChI=1S/C24H24N2O6/c1-16(27)26-11-9-24(10-12-26,18-5-3-2-4-6-18)23(30)32-14-20(28)17-7-8-21-19(13-17)25-22(29)15-31-21/h2-8,13H,9-12,14-15H2,1H3,(H,25,29). The van der Waals surface area contributed by atoms with Crippen molar-refractivity contribution in [1.82, 2.24) is 4.90 Å². The minimum atomic E-state index is -0.912. The van der Waals surface area contributed by atoms with Crippen molar-refractivity contribution >= 4 is 29.3 Å². The van der Waals surface area contributed by atoms with E-state index in [4.69, 9.17) is 9.47 Å². The number of benzene rings is 2. The van der Waals surface area contributed by atoms with E-state index in [9.17, 15) is 19.2 Å². The number of anilines is 1. The molecule has 8 nitrogen and oxygen atoms in total.